The zero-order chi connectivity index (χ0) is 26.6. The number of carbonyl (C=O) groups excluding carboxylic acids is 1. The monoisotopic (exact) mass is 532 g/mol. The molecule has 1 heterocycles. The summed E-state index contributed by atoms with van der Waals surface area (Å²) < 4.78 is 5.45. The zero-order valence-corrected chi connectivity index (χ0v) is 23.7. The molecule has 1 amide bonds. The molecule has 0 saturated heterocycles. The molecule has 5 nitrogen and oxygen atoms in total. The molecule has 2 saturated carbocycles. The van der Waals surface area contributed by atoms with Crippen molar-refractivity contribution in [2.75, 3.05) is 18.6 Å². The maximum Gasteiger partial charge on any atom is 0.230 e. The van der Waals surface area contributed by atoms with Crippen LogP contribution < -0.4 is 9.64 Å². The Morgan fingerprint density at radius 1 is 1.03 bits per heavy atom. The Balaban J connectivity index is 1.32. The topological polar surface area (TPSA) is 62.7 Å². The minimum Gasteiger partial charge on any atom is -0.496 e. The van der Waals surface area contributed by atoms with Crippen molar-refractivity contribution in [2.45, 2.75) is 77.2 Å². The van der Waals surface area contributed by atoms with Crippen molar-refractivity contribution in [3.8, 4) is 16.2 Å². The van der Waals surface area contributed by atoms with Gasteiger partial charge in [-0.15, -0.1) is 11.3 Å². The first-order chi connectivity index (χ1) is 18.4. The standard InChI is InChI=1S/C32H40N2O3S/c1-21-17-26(13-16-30(21)37-3)24-9-7-23(8-10-24)20-34(32(36)25-11-14-29(35)15-12-25)28-6-4-5-27(18-28)31-19-33-22(2)38-31/h4-6,13,16-19,23-25,29,35H,7-12,14-15,20H2,1-3H3. The van der Waals surface area contributed by atoms with Crippen LogP contribution in [0.4, 0.5) is 5.69 Å². The van der Waals surface area contributed by atoms with E-state index in [1.807, 2.05) is 13.1 Å². The lowest BCUT2D eigenvalue weighted by Gasteiger charge is -2.36. The van der Waals surface area contributed by atoms with Crippen LogP contribution in [-0.4, -0.2) is 35.8 Å². The van der Waals surface area contributed by atoms with Crippen LogP contribution in [0.25, 0.3) is 10.4 Å². The molecule has 38 heavy (non-hydrogen) atoms. The minimum atomic E-state index is -0.262. The van der Waals surface area contributed by atoms with Crippen molar-refractivity contribution < 1.29 is 14.6 Å². The van der Waals surface area contributed by atoms with Crippen LogP contribution in [0.5, 0.6) is 5.75 Å². The van der Waals surface area contributed by atoms with Gasteiger partial charge in [0.15, 0.2) is 0 Å². The number of carbonyl (C=O) groups is 1. The number of anilines is 1. The summed E-state index contributed by atoms with van der Waals surface area (Å²) in [5.74, 6) is 2.21. The fourth-order valence-corrected chi connectivity index (χ4v) is 7.05. The second kappa shape index (κ2) is 12.0. The van der Waals surface area contributed by atoms with Gasteiger partial charge >= 0.3 is 0 Å². The van der Waals surface area contributed by atoms with Crippen molar-refractivity contribution >= 4 is 22.9 Å². The first-order valence-electron chi connectivity index (χ1n) is 14.1. The van der Waals surface area contributed by atoms with E-state index in [-0.39, 0.29) is 17.9 Å². The van der Waals surface area contributed by atoms with E-state index in [1.54, 1.807) is 18.4 Å². The number of methoxy groups -OCH3 is 1. The Hall–Kier alpha value is -2.70. The number of hydrogen-bond donors (Lipinski definition) is 1. The molecule has 2 aromatic carbocycles. The summed E-state index contributed by atoms with van der Waals surface area (Å²) in [5, 5.41) is 11.1. The average Bonchev–Trinajstić information content (AvgIpc) is 3.38. The van der Waals surface area contributed by atoms with E-state index in [0.717, 1.165) is 84.8 Å². The summed E-state index contributed by atoms with van der Waals surface area (Å²) in [6.45, 7) is 4.90. The molecule has 1 N–H and O–H groups in total. The maximum atomic E-state index is 13.9. The Morgan fingerprint density at radius 3 is 2.45 bits per heavy atom. The smallest absolute Gasteiger partial charge is 0.230 e. The van der Waals surface area contributed by atoms with Crippen molar-refractivity contribution in [3.63, 3.8) is 0 Å². The van der Waals surface area contributed by atoms with Gasteiger partial charge in [-0.1, -0.05) is 24.3 Å². The van der Waals surface area contributed by atoms with Crippen LogP contribution in [0.2, 0.25) is 0 Å². The second-order valence-corrected chi connectivity index (χ2v) is 12.4. The van der Waals surface area contributed by atoms with Gasteiger partial charge in [0.2, 0.25) is 5.91 Å². The summed E-state index contributed by atoms with van der Waals surface area (Å²) >= 11 is 1.68. The number of aliphatic hydroxyl groups excluding tert-OH is 1. The molecule has 2 aliphatic carbocycles. The Labute approximate surface area is 230 Å². The van der Waals surface area contributed by atoms with Gasteiger partial charge in [0.1, 0.15) is 5.75 Å². The van der Waals surface area contributed by atoms with Gasteiger partial charge in [-0.2, -0.15) is 0 Å². The molecule has 0 atom stereocenters. The average molecular weight is 533 g/mol. The maximum absolute atomic E-state index is 13.9. The van der Waals surface area contributed by atoms with Crippen LogP contribution >= 0.6 is 11.3 Å². The molecule has 5 rings (SSSR count). The summed E-state index contributed by atoms with van der Waals surface area (Å²) in [6.07, 6.45) is 9.18. The van der Waals surface area contributed by atoms with E-state index in [4.69, 9.17) is 4.74 Å². The first-order valence-corrected chi connectivity index (χ1v) is 14.9. The van der Waals surface area contributed by atoms with Crippen LogP contribution in [0.3, 0.4) is 0 Å². The lowest BCUT2D eigenvalue weighted by molar-refractivity contribution is -0.124. The molecular formula is C32H40N2O3S. The van der Waals surface area contributed by atoms with Crippen LogP contribution in [0.15, 0.2) is 48.7 Å². The van der Waals surface area contributed by atoms with Crippen LogP contribution in [-0.2, 0) is 4.79 Å². The van der Waals surface area contributed by atoms with Gasteiger partial charge in [-0.25, -0.2) is 4.98 Å². The lowest BCUT2D eigenvalue weighted by atomic mass is 9.78. The first kappa shape index (κ1) is 26.9. The van der Waals surface area contributed by atoms with Crippen molar-refractivity contribution in [1.82, 2.24) is 4.98 Å². The summed E-state index contributed by atoms with van der Waals surface area (Å²) in [6, 6.07) is 15.0. The van der Waals surface area contributed by atoms with E-state index in [9.17, 15) is 9.90 Å². The third-order valence-corrected chi connectivity index (χ3v) is 9.52. The van der Waals surface area contributed by atoms with E-state index in [0.29, 0.717) is 11.8 Å². The Kier molecular flexibility index (Phi) is 8.49. The summed E-state index contributed by atoms with van der Waals surface area (Å²) in [4.78, 5) is 21.6. The van der Waals surface area contributed by atoms with Crippen molar-refractivity contribution in [1.29, 1.82) is 0 Å². The molecule has 0 bridgehead atoms. The number of thiazole rings is 1. The molecule has 0 aliphatic heterocycles. The highest BCUT2D eigenvalue weighted by Crippen LogP contribution is 2.39. The molecule has 3 aromatic rings. The zero-order valence-electron chi connectivity index (χ0n) is 22.9. The highest BCUT2D eigenvalue weighted by atomic mass is 32.1. The Morgan fingerprint density at radius 2 is 1.79 bits per heavy atom. The highest BCUT2D eigenvalue weighted by Gasteiger charge is 2.32. The summed E-state index contributed by atoms with van der Waals surface area (Å²) in [5.41, 5.74) is 4.70. The number of ether oxygens (including phenoxy) is 1. The second-order valence-electron chi connectivity index (χ2n) is 11.2. The number of hydrogen-bond acceptors (Lipinski definition) is 5. The normalized spacial score (nSPS) is 23.7. The molecule has 0 spiro atoms. The predicted octanol–water partition coefficient (Wildman–Crippen LogP) is 7.29. The van der Waals surface area contributed by atoms with E-state index < -0.39 is 0 Å². The van der Waals surface area contributed by atoms with Crippen LogP contribution in [0, 0.1) is 25.7 Å². The Bertz CT molecular complexity index is 1240. The minimum absolute atomic E-state index is 0.00804. The quantitative estimate of drug-likeness (QED) is 0.347. The molecule has 0 unspecified atom stereocenters. The number of aliphatic hydroxyl groups is 1. The molecular weight excluding hydrogens is 492 g/mol. The highest BCUT2D eigenvalue weighted by molar-refractivity contribution is 7.15. The number of benzene rings is 2. The van der Waals surface area contributed by atoms with E-state index in [2.05, 4.69) is 59.3 Å². The van der Waals surface area contributed by atoms with Gasteiger partial charge in [0.25, 0.3) is 0 Å². The van der Waals surface area contributed by atoms with Gasteiger partial charge < -0.3 is 14.7 Å². The number of rotatable bonds is 7. The number of aryl methyl sites for hydroxylation is 2. The summed E-state index contributed by atoms with van der Waals surface area (Å²) in [7, 11) is 1.73. The molecule has 6 heteroatoms. The fourth-order valence-electron chi connectivity index (χ4n) is 6.28. The SMILES string of the molecule is COc1ccc(C2CCC(CN(C(=O)C3CCC(O)CC3)c3cccc(-c4cnc(C)s4)c3)CC2)cc1C. The molecule has 2 aliphatic rings. The lowest BCUT2D eigenvalue weighted by Crippen LogP contribution is -2.41. The van der Waals surface area contributed by atoms with Crippen LogP contribution in [0.1, 0.15) is 73.4 Å². The van der Waals surface area contributed by atoms with Gasteiger partial charge in [0.05, 0.1) is 23.1 Å². The fraction of sp³-hybridized carbons (Fsp3) is 0.500. The number of aromatic nitrogens is 1. The largest absolute Gasteiger partial charge is 0.496 e. The third-order valence-electron chi connectivity index (χ3n) is 8.55. The van der Waals surface area contributed by atoms with E-state index in [1.165, 1.54) is 11.1 Å². The van der Waals surface area contributed by atoms with Crippen molar-refractivity contribution in [2.24, 2.45) is 11.8 Å². The third kappa shape index (κ3) is 6.13. The predicted molar refractivity (Wildman–Crippen MR) is 155 cm³/mol. The molecule has 0 radical (unpaired) electrons. The van der Waals surface area contributed by atoms with Gasteiger partial charge in [-0.3, -0.25) is 4.79 Å². The molecule has 1 aromatic heterocycles. The van der Waals surface area contributed by atoms with Gasteiger partial charge in [-0.05, 0) is 112 Å². The molecule has 2 fully saturated rings. The number of amides is 1. The molecule has 202 valence electrons. The number of nitrogens with zero attached hydrogens (tertiary/aromatic N) is 2. The van der Waals surface area contributed by atoms with E-state index >= 15 is 0 Å². The van der Waals surface area contributed by atoms with Crippen molar-refractivity contribution in [3.05, 3.63) is 64.8 Å². The van der Waals surface area contributed by atoms with Gasteiger partial charge in [0, 0.05) is 24.3 Å².